The van der Waals surface area contributed by atoms with Crippen molar-refractivity contribution >= 4 is 16.7 Å². The minimum Gasteiger partial charge on any atom is -0.295 e. The van der Waals surface area contributed by atoms with Gasteiger partial charge in [-0.05, 0) is 18.2 Å². The van der Waals surface area contributed by atoms with Crippen molar-refractivity contribution in [3.8, 4) is 5.69 Å². The van der Waals surface area contributed by atoms with Crippen LogP contribution in [-0.4, -0.2) is 19.0 Å². The number of rotatable bonds is 2. The lowest BCUT2D eigenvalue weighted by Crippen LogP contribution is -2.20. The van der Waals surface area contributed by atoms with Gasteiger partial charge in [0.25, 0.3) is 5.69 Å². The van der Waals surface area contributed by atoms with E-state index in [2.05, 4.69) is 4.98 Å². The first-order valence-corrected chi connectivity index (χ1v) is 5.86. The molecule has 0 unspecified atom stereocenters. The van der Waals surface area contributed by atoms with Crippen LogP contribution in [0.25, 0.3) is 16.7 Å². The van der Waals surface area contributed by atoms with Crippen molar-refractivity contribution in [2.75, 3.05) is 0 Å². The topological polar surface area (TPSA) is 83.0 Å². The van der Waals surface area contributed by atoms with Crippen molar-refractivity contribution < 1.29 is 4.92 Å². The molecule has 100 valence electrons. The number of non-ortho nitro benzene ring substituents is 1. The number of aryl methyl sites for hydroxylation is 1. The van der Waals surface area contributed by atoms with Gasteiger partial charge in [-0.3, -0.25) is 24.2 Å². The highest BCUT2D eigenvalue weighted by atomic mass is 16.6. The molecule has 3 rings (SSSR count). The van der Waals surface area contributed by atoms with Gasteiger partial charge in [0.2, 0.25) is 0 Å². The van der Waals surface area contributed by atoms with Crippen molar-refractivity contribution in [2.24, 2.45) is 7.05 Å². The van der Waals surface area contributed by atoms with E-state index in [1.807, 2.05) is 0 Å². The molecule has 3 aromatic rings. The van der Waals surface area contributed by atoms with Gasteiger partial charge in [0.15, 0.2) is 0 Å². The minimum atomic E-state index is -0.475. The molecule has 0 saturated carbocycles. The number of imidazole rings is 1. The van der Waals surface area contributed by atoms with Crippen LogP contribution in [-0.2, 0) is 7.05 Å². The highest BCUT2D eigenvalue weighted by Gasteiger charge is 2.13. The highest BCUT2D eigenvalue weighted by molar-refractivity contribution is 5.76. The molecule has 0 N–H and O–H groups in total. The largest absolute Gasteiger partial charge is 0.333 e. The first kappa shape index (κ1) is 12.1. The zero-order valence-electron chi connectivity index (χ0n) is 10.6. The Morgan fingerprint density at radius 3 is 2.50 bits per heavy atom. The summed E-state index contributed by atoms with van der Waals surface area (Å²) < 4.78 is 2.99. The second-order valence-corrected chi connectivity index (χ2v) is 4.31. The third-order valence-corrected chi connectivity index (χ3v) is 3.18. The Morgan fingerprint density at radius 2 is 1.85 bits per heavy atom. The van der Waals surface area contributed by atoms with Crippen LogP contribution in [0.5, 0.6) is 0 Å². The Hall–Kier alpha value is -2.96. The molecular formula is C13H10N4O3. The number of fused-ring (bicyclic) bond motifs is 1. The summed E-state index contributed by atoms with van der Waals surface area (Å²) in [6, 6.07) is 7.59. The van der Waals surface area contributed by atoms with Crippen LogP contribution in [0.3, 0.4) is 0 Å². The second-order valence-electron chi connectivity index (χ2n) is 4.31. The zero-order valence-corrected chi connectivity index (χ0v) is 10.6. The van der Waals surface area contributed by atoms with Gasteiger partial charge < -0.3 is 0 Å². The Kier molecular flexibility index (Phi) is 2.60. The first-order valence-electron chi connectivity index (χ1n) is 5.86. The predicted molar refractivity (Wildman–Crippen MR) is 73.0 cm³/mol. The molecule has 0 atom stereocenters. The highest BCUT2D eigenvalue weighted by Crippen LogP contribution is 2.18. The van der Waals surface area contributed by atoms with E-state index < -0.39 is 4.92 Å². The van der Waals surface area contributed by atoms with Crippen LogP contribution in [0.1, 0.15) is 0 Å². The summed E-state index contributed by atoms with van der Waals surface area (Å²) >= 11 is 0. The number of nitro groups is 1. The maximum absolute atomic E-state index is 12.3. The molecular weight excluding hydrogens is 260 g/mol. The number of hydrogen-bond donors (Lipinski definition) is 0. The smallest absolute Gasteiger partial charge is 0.295 e. The van der Waals surface area contributed by atoms with Gasteiger partial charge in [-0.1, -0.05) is 0 Å². The fourth-order valence-electron chi connectivity index (χ4n) is 2.16. The zero-order chi connectivity index (χ0) is 14.3. The maximum Gasteiger partial charge on any atom is 0.333 e. The second kappa shape index (κ2) is 4.30. The van der Waals surface area contributed by atoms with Crippen LogP contribution in [0, 0.1) is 10.1 Å². The summed E-state index contributed by atoms with van der Waals surface area (Å²) in [4.78, 5) is 26.5. The van der Waals surface area contributed by atoms with Crippen LogP contribution < -0.4 is 5.69 Å². The van der Waals surface area contributed by atoms with Crippen molar-refractivity contribution in [2.45, 2.75) is 0 Å². The quantitative estimate of drug-likeness (QED) is 0.523. The van der Waals surface area contributed by atoms with Gasteiger partial charge >= 0.3 is 5.69 Å². The summed E-state index contributed by atoms with van der Waals surface area (Å²) in [5.74, 6) is 0. The molecule has 0 spiro atoms. The van der Waals surface area contributed by atoms with E-state index >= 15 is 0 Å². The van der Waals surface area contributed by atoms with E-state index in [1.54, 1.807) is 37.6 Å². The molecule has 0 aliphatic carbocycles. The molecule has 1 aromatic carbocycles. The molecule has 0 fully saturated rings. The van der Waals surface area contributed by atoms with Crippen LogP contribution in [0.2, 0.25) is 0 Å². The van der Waals surface area contributed by atoms with Gasteiger partial charge in [-0.25, -0.2) is 4.79 Å². The van der Waals surface area contributed by atoms with Gasteiger partial charge in [0.05, 0.1) is 27.8 Å². The third-order valence-electron chi connectivity index (χ3n) is 3.18. The third kappa shape index (κ3) is 1.68. The van der Waals surface area contributed by atoms with Crippen molar-refractivity contribution in [3.63, 3.8) is 0 Å². The molecule has 7 heteroatoms. The molecule has 2 heterocycles. The molecule has 0 aliphatic rings. The van der Waals surface area contributed by atoms with Crippen molar-refractivity contribution in [1.82, 2.24) is 14.1 Å². The van der Waals surface area contributed by atoms with Gasteiger partial charge in [0.1, 0.15) is 0 Å². The van der Waals surface area contributed by atoms with Gasteiger partial charge in [-0.2, -0.15) is 0 Å². The molecule has 2 aromatic heterocycles. The van der Waals surface area contributed by atoms with Crippen LogP contribution >= 0.6 is 0 Å². The van der Waals surface area contributed by atoms with Crippen molar-refractivity contribution in [3.05, 3.63) is 63.3 Å². The Balaban J connectivity index is 2.27. The first-order chi connectivity index (χ1) is 9.59. The Morgan fingerprint density at radius 1 is 1.15 bits per heavy atom. The molecule has 0 saturated heterocycles. The van der Waals surface area contributed by atoms with Crippen molar-refractivity contribution in [1.29, 1.82) is 0 Å². The van der Waals surface area contributed by atoms with E-state index in [1.165, 1.54) is 21.3 Å². The number of pyridine rings is 1. The normalized spacial score (nSPS) is 10.8. The standard InChI is InChI=1S/C13H10N4O3/c1-15-11-6-7-14-8-12(11)16(13(15)18)9-2-4-10(5-3-9)17(19)20/h2-8H,1H3. The lowest BCUT2D eigenvalue weighted by molar-refractivity contribution is -0.384. The van der Waals surface area contributed by atoms with Crippen LogP contribution in [0.15, 0.2) is 47.5 Å². The monoisotopic (exact) mass is 270 g/mol. The lowest BCUT2D eigenvalue weighted by Gasteiger charge is -2.02. The van der Waals surface area contributed by atoms with E-state index in [-0.39, 0.29) is 11.4 Å². The number of benzene rings is 1. The molecule has 0 radical (unpaired) electrons. The molecule has 20 heavy (non-hydrogen) atoms. The van der Waals surface area contributed by atoms with Gasteiger partial charge in [-0.15, -0.1) is 0 Å². The Bertz CT molecular complexity index is 861. The number of hydrogen-bond acceptors (Lipinski definition) is 4. The predicted octanol–water partition coefficient (Wildman–Crippen LogP) is 1.63. The lowest BCUT2D eigenvalue weighted by atomic mass is 10.3. The number of nitrogens with zero attached hydrogens (tertiary/aromatic N) is 4. The summed E-state index contributed by atoms with van der Waals surface area (Å²) in [6.45, 7) is 0. The molecule has 0 amide bonds. The average Bonchev–Trinajstić information content (AvgIpc) is 2.72. The molecule has 7 nitrogen and oxygen atoms in total. The van der Waals surface area contributed by atoms with Crippen LogP contribution in [0.4, 0.5) is 5.69 Å². The van der Waals surface area contributed by atoms with E-state index in [0.29, 0.717) is 11.2 Å². The maximum atomic E-state index is 12.3. The average molecular weight is 270 g/mol. The fraction of sp³-hybridized carbons (Fsp3) is 0.0769. The van der Waals surface area contributed by atoms with E-state index in [4.69, 9.17) is 0 Å². The van der Waals surface area contributed by atoms with E-state index in [0.717, 1.165) is 5.52 Å². The Labute approximate surface area is 112 Å². The fourth-order valence-corrected chi connectivity index (χ4v) is 2.16. The number of aromatic nitrogens is 3. The SMILES string of the molecule is Cn1c(=O)n(-c2ccc([N+](=O)[O-])cc2)c2cnccc21. The van der Waals surface area contributed by atoms with Gasteiger partial charge in [0, 0.05) is 25.4 Å². The summed E-state index contributed by atoms with van der Waals surface area (Å²) in [6.07, 6.45) is 3.21. The minimum absolute atomic E-state index is 0.0137. The molecule has 0 aliphatic heterocycles. The summed E-state index contributed by atoms with van der Waals surface area (Å²) in [7, 11) is 1.67. The summed E-state index contributed by atoms with van der Waals surface area (Å²) in [5, 5.41) is 10.7. The summed E-state index contributed by atoms with van der Waals surface area (Å²) in [5.41, 5.74) is 1.75. The molecule has 0 bridgehead atoms. The number of nitro benzene ring substituents is 1. The van der Waals surface area contributed by atoms with E-state index in [9.17, 15) is 14.9 Å².